The van der Waals surface area contributed by atoms with E-state index in [1.807, 2.05) is 30.3 Å². The van der Waals surface area contributed by atoms with E-state index in [9.17, 15) is 8.42 Å². The van der Waals surface area contributed by atoms with Crippen LogP contribution in [0.1, 0.15) is 18.2 Å². The molecule has 2 aliphatic rings. The molecule has 0 radical (unpaired) electrons. The fraction of sp³-hybridized carbons (Fsp3) is 0.474. The Bertz CT molecular complexity index is 912. The fourth-order valence-corrected chi connectivity index (χ4v) is 4.61. The lowest BCUT2D eigenvalue weighted by molar-refractivity contribution is 0.122. The van der Waals surface area contributed by atoms with Crippen LogP contribution in [-0.4, -0.2) is 61.3 Å². The fourth-order valence-electron chi connectivity index (χ4n) is 3.54. The van der Waals surface area contributed by atoms with Crippen molar-refractivity contribution >= 4 is 15.8 Å². The Balaban J connectivity index is 1.79. The molecule has 0 aliphatic carbocycles. The van der Waals surface area contributed by atoms with Crippen LogP contribution in [0, 0.1) is 0 Å². The van der Waals surface area contributed by atoms with Gasteiger partial charge < -0.3 is 9.64 Å². The summed E-state index contributed by atoms with van der Waals surface area (Å²) in [7, 11) is -3.24. The molecule has 0 unspecified atom stereocenters. The predicted octanol–water partition coefficient (Wildman–Crippen LogP) is 1.69. The first-order chi connectivity index (χ1) is 13.1. The van der Waals surface area contributed by atoms with E-state index in [2.05, 4.69) is 4.90 Å². The zero-order valence-corrected chi connectivity index (χ0v) is 16.3. The molecule has 1 aromatic heterocycles. The van der Waals surface area contributed by atoms with E-state index in [0.29, 0.717) is 38.5 Å². The van der Waals surface area contributed by atoms with Crippen molar-refractivity contribution in [2.24, 2.45) is 0 Å². The normalized spacial score (nSPS) is 18.3. The second-order valence-corrected chi connectivity index (χ2v) is 9.00. The monoisotopic (exact) mass is 388 g/mol. The molecule has 1 aromatic carbocycles. The topological polar surface area (TPSA) is 75.6 Å². The van der Waals surface area contributed by atoms with Crippen LogP contribution in [0.4, 0.5) is 5.82 Å². The summed E-state index contributed by atoms with van der Waals surface area (Å²) in [4.78, 5) is 11.8. The van der Waals surface area contributed by atoms with Crippen LogP contribution in [0.25, 0.3) is 11.4 Å². The van der Waals surface area contributed by atoms with Gasteiger partial charge in [-0.05, 0) is 6.92 Å². The van der Waals surface area contributed by atoms with Gasteiger partial charge in [0, 0.05) is 43.7 Å². The van der Waals surface area contributed by atoms with Gasteiger partial charge in [0.15, 0.2) is 5.82 Å². The van der Waals surface area contributed by atoms with Gasteiger partial charge in [-0.3, -0.25) is 0 Å². The zero-order valence-electron chi connectivity index (χ0n) is 15.5. The Morgan fingerprint density at radius 3 is 2.52 bits per heavy atom. The maximum absolute atomic E-state index is 12.4. The van der Waals surface area contributed by atoms with E-state index in [4.69, 9.17) is 14.7 Å². The van der Waals surface area contributed by atoms with E-state index >= 15 is 0 Å². The minimum absolute atomic E-state index is 0.109. The number of ether oxygens (including phenoxy) is 1. The van der Waals surface area contributed by atoms with Gasteiger partial charge in [-0.15, -0.1) is 0 Å². The molecule has 27 heavy (non-hydrogen) atoms. The van der Waals surface area contributed by atoms with E-state index in [1.54, 1.807) is 11.2 Å². The molecule has 0 atom stereocenters. The Kier molecular flexibility index (Phi) is 5.12. The van der Waals surface area contributed by atoms with Crippen LogP contribution >= 0.6 is 0 Å². The molecule has 4 rings (SSSR count). The Morgan fingerprint density at radius 2 is 1.81 bits per heavy atom. The molecule has 0 saturated carbocycles. The van der Waals surface area contributed by atoms with E-state index in [-0.39, 0.29) is 5.75 Å². The molecule has 1 saturated heterocycles. The minimum atomic E-state index is -3.24. The van der Waals surface area contributed by atoms with Crippen molar-refractivity contribution in [3.8, 4) is 11.4 Å². The summed E-state index contributed by atoms with van der Waals surface area (Å²) < 4.78 is 31.8. The van der Waals surface area contributed by atoms with Gasteiger partial charge >= 0.3 is 0 Å². The number of nitrogens with zero attached hydrogens (tertiary/aromatic N) is 4. The van der Waals surface area contributed by atoms with Crippen LogP contribution in [0.3, 0.4) is 0 Å². The van der Waals surface area contributed by atoms with Crippen molar-refractivity contribution in [3.05, 3.63) is 41.6 Å². The third-order valence-corrected chi connectivity index (χ3v) is 6.93. The van der Waals surface area contributed by atoms with Gasteiger partial charge in [0.25, 0.3) is 0 Å². The van der Waals surface area contributed by atoms with E-state index in [1.165, 1.54) is 0 Å². The summed E-state index contributed by atoms with van der Waals surface area (Å²) in [5.41, 5.74) is 2.85. The highest BCUT2D eigenvalue weighted by Gasteiger charge is 2.31. The Morgan fingerprint density at radius 1 is 1.07 bits per heavy atom. The lowest BCUT2D eigenvalue weighted by Crippen LogP contribution is -2.41. The number of morpholine rings is 1. The standard InChI is InChI=1S/C19H24N4O3S/c1-2-27(24,25)23-9-8-17-16(14-23)19(22-10-12-26-13-11-22)21-18(20-17)15-6-4-3-5-7-15/h3-7H,2,8-14H2,1H3. The van der Waals surface area contributed by atoms with Gasteiger partial charge in [-0.25, -0.2) is 18.4 Å². The lowest BCUT2D eigenvalue weighted by atomic mass is 10.1. The number of hydrogen-bond donors (Lipinski definition) is 0. The molecule has 2 aromatic rings. The SMILES string of the molecule is CCS(=O)(=O)N1CCc2nc(-c3ccccc3)nc(N3CCOCC3)c2C1. The summed E-state index contributed by atoms with van der Waals surface area (Å²) in [5.74, 6) is 1.65. The number of benzene rings is 1. The predicted molar refractivity (Wildman–Crippen MR) is 104 cm³/mol. The number of rotatable bonds is 4. The number of hydrogen-bond acceptors (Lipinski definition) is 6. The van der Waals surface area contributed by atoms with Gasteiger partial charge in [-0.2, -0.15) is 4.31 Å². The first kappa shape index (κ1) is 18.3. The van der Waals surface area contributed by atoms with Crippen molar-refractivity contribution in [1.82, 2.24) is 14.3 Å². The number of fused-ring (bicyclic) bond motifs is 1. The molecule has 0 N–H and O–H groups in total. The highest BCUT2D eigenvalue weighted by atomic mass is 32.2. The van der Waals surface area contributed by atoms with Crippen LogP contribution in [0.2, 0.25) is 0 Å². The molecule has 144 valence electrons. The van der Waals surface area contributed by atoms with Gasteiger partial charge in [0.2, 0.25) is 10.0 Å². The van der Waals surface area contributed by atoms with Crippen molar-refractivity contribution in [2.45, 2.75) is 19.9 Å². The average molecular weight is 388 g/mol. The van der Waals surface area contributed by atoms with E-state index in [0.717, 1.165) is 35.7 Å². The molecule has 2 aliphatic heterocycles. The number of anilines is 1. The van der Waals surface area contributed by atoms with Crippen LogP contribution in [-0.2, 0) is 27.7 Å². The van der Waals surface area contributed by atoms with Crippen LogP contribution < -0.4 is 4.90 Å². The maximum Gasteiger partial charge on any atom is 0.214 e. The van der Waals surface area contributed by atoms with Gasteiger partial charge in [0.1, 0.15) is 5.82 Å². The third-order valence-electron chi connectivity index (χ3n) is 5.10. The molecule has 0 spiro atoms. The molecule has 0 amide bonds. The molecule has 8 heteroatoms. The molecular formula is C19H24N4O3S. The Hall–Kier alpha value is -2.03. The minimum Gasteiger partial charge on any atom is -0.378 e. The molecule has 7 nitrogen and oxygen atoms in total. The largest absolute Gasteiger partial charge is 0.378 e. The van der Waals surface area contributed by atoms with Crippen molar-refractivity contribution in [3.63, 3.8) is 0 Å². The first-order valence-electron chi connectivity index (χ1n) is 9.34. The smallest absolute Gasteiger partial charge is 0.214 e. The highest BCUT2D eigenvalue weighted by molar-refractivity contribution is 7.89. The van der Waals surface area contributed by atoms with Crippen LogP contribution in [0.15, 0.2) is 30.3 Å². The van der Waals surface area contributed by atoms with Gasteiger partial charge in [0.05, 0.1) is 24.7 Å². The zero-order chi connectivity index (χ0) is 18.9. The second-order valence-electron chi connectivity index (χ2n) is 6.75. The van der Waals surface area contributed by atoms with Crippen molar-refractivity contribution < 1.29 is 13.2 Å². The lowest BCUT2D eigenvalue weighted by Gasteiger charge is -2.34. The summed E-state index contributed by atoms with van der Waals surface area (Å²) in [6.07, 6.45) is 0.605. The molecule has 3 heterocycles. The molecule has 1 fully saturated rings. The number of sulfonamides is 1. The van der Waals surface area contributed by atoms with Crippen LogP contribution in [0.5, 0.6) is 0 Å². The summed E-state index contributed by atoms with van der Waals surface area (Å²) >= 11 is 0. The quantitative estimate of drug-likeness (QED) is 0.793. The summed E-state index contributed by atoms with van der Waals surface area (Å²) in [6.45, 7) is 5.29. The molecule has 0 bridgehead atoms. The summed E-state index contributed by atoms with van der Waals surface area (Å²) in [6, 6.07) is 9.92. The Labute approximate surface area is 160 Å². The first-order valence-corrected chi connectivity index (χ1v) is 10.9. The second kappa shape index (κ2) is 7.53. The highest BCUT2D eigenvalue weighted by Crippen LogP contribution is 2.31. The van der Waals surface area contributed by atoms with E-state index < -0.39 is 10.0 Å². The van der Waals surface area contributed by atoms with Gasteiger partial charge in [-0.1, -0.05) is 30.3 Å². The average Bonchev–Trinajstić information content (AvgIpc) is 2.73. The van der Waals surface area contributed by atoms with Crippen molar-refractivity contribution in [1.29, 1.82) is 0 Å². The maximum atomic E-state index is 12.4. The third kappa shape index (κ3) is 3.69. The number of aromatic nitrogens is 2. The van der Waals surface area contributed by atoms with Crippen molar-refractivity contribution in [2.75, 3.05) is 43.5 Å². The molecular weight excluding hydrogens is 364 g/mol. The summed E-state index contributed by atoms with van der Waals surface area (Å²) in [5, 5.41) is 0.